The Morgan fingerprint density at radius 3 is 2.95 bits per heavy atom. The fourth-order valence-corrected chi connectivity index (χ4v) is 2.77. The van der Waals surface area contributed by atoms with Crippen molar-refractivity contribution in [3.8, 4) is 0 Å². The van der Waals surface area contributed by atoms with E-state index in [-0.39, 0.29) is 24.8 Å². The Balaban J connectivity index is 1.71. The van der Waals surface area contributed by atoms with E-state index in [0.29, 0.717) is 18.8 Å². The highest BCUT2D eigenvalue weighted by Crippen LogP contribution is 2.31. The highest BCUT2D eigenvalue weighted by Gasteiger charge is 2.32. The lowest BCUT2D eigenvalue weighted by Crippen LogP contribution is -2.48. The van der Waals surface area contributed by atoms with E-state index in [1.807, 2.05) is 0 Å². The molecule has 0 saturated heterocycles. The van der Waals surface area contributed by atoms with Gasteiger partial charge in [0.05, 0.1) is 18.4 Å². The standard InChI is InChI=1S/C15H22N2O4/c1-11-4-2-6-15(20,8-11)10-17-13(18)9-16-14(19)12-5-3-7-21-12/h3,5,7,11,20H,2,4,6,8-10H2,1H3,(H,16,19)(H,17,18). The van der Waals surface area contributed by atoms with Crippen LogP contribution in [0.5, 0.6) is 0 Å². The molecule has 2 rings (SSSR count). The quantitative estimate of drug-likeness (QED) is 0.757. The second-order valence-corrected chi connectivity index (χ2v) is 5.86. The van der Waals surface area contributed by atoms with Crippen molar-refractivity contribution in [2.75, 3.05) is 13.1 Å². The van der Waals surface area contributed by atoms with Crippen molar-refractivity contribution in [1.82, 2.24) is 10.6 Å². The average molecular weight is 294 g/mol. The highest BCUT2D eigenvalue weighted by atomic mass is 16.3. The molecular formula is C15H22N2O4. The van der Waals surface area contributed by atoms with Crippen LogP contribution in [0.15, 0.2) is 22.8 Å². The zero-order valence-corrected chi connectivity index (χ0v) is 12.2. The van der Waals surface area contributed by atoms with E-state index in [1.165, 1.54) is 12.3 Å². The summed E-state index contributed by atoms with van der Waals surface area (Å²) in [6, 6.07) is 3.13. The van der Waals surface area contributed by atoms with Crippen molar-refractivity contribution < 1.29 is 19.1 Å². The number of amides is 2. The Bertz CT molecular complexity index is 486. The molecule has 1 fully saturated rings. The second kappa shape index (κ2) is 6.76. The molecule has 1 heterocycles. The van der Waals surface area contributed by atoms with Gasteiger partial charge >= 0.3 is 0 Å². The molecule has 2 atom stereocenters. The number of nitrogens with one attached hydrogen (secondary N) is 2. The SMILES string of the molecule is CC1CCCC(O)(CNC(=O)CNC(=O)c2ccco2)C1. The van der Waals surface area contributed by atoms with Crippen LogP contribution >= 0.6 is 0 Å². The molecule has 6 heteroatoms. The number of hydrogen-bond acceptors (Lipinski definition) is 4. The molecule has 3 N–H and O–H groups in total. The van der Waals surface area contributed by atoms with Crippen LogP contribution in [-0.4, -0.2) is 35.6 Å². The van der Waals surface area contributed by atoms with Crippen LogP contribution in [0, 0.1) is 5.92 Å². The van der Waals surface area contributed by atoms with Gasteiger partial charge in [-0.25, -0.2) is 0 Å². The van der Waals surface area contributed by atoms with Crippen molar-refractivity contribution in [1.29, 1.82) is 0 Å². The Morgan fingerprint density at radius 2 is 2.29 bits per heavy atom. The van der Waals surface area contributed by atoms with Crippen molar-refractivity contribution in [3.63, 3.8) is 0 Å². The third-order valence-electron chi connectivity index (χ3n) is 3.84. The largest absolute Gasteiger partial charge is 0.459 e. The summed E-state index contributed by atoms with van der Waals surface area (Å²) in [4.78, 5) is 23.3. The molecule has 1 aromatic rings. The van der Waals surface area contributed by atoms with E-state index in [4.69, 9.17) is 4.42 Å². The van der Waals surface area contributed by atoms with Gasteiger partial charge in [0, 0.05) is 6.54 Å². The number of hydrogen-bond donors (Lipinski definition) is 3. The molecule has 1 aromatic heterocycles. The van der Waals surface area contributed by atoms with Gasteiger partial charge in [0.1, 0.15) is 0 Å². The first-order valence-electron chi connectivity index (χ1n) is 7.29. The number of carbonyl (C=O) groups excluding carboxylic acids is 2. The second-order valence-electron chi connectivity index (χ2n) is 5.86. The van der Waals surface area contributed by atoms with E-state index in [2.05, 4.69) is 17.6 Å². The summed E-state index contributed by atoms with van der Waals surface area (Å²) < 4.78 is 4.93. The average Bonchev–Trinajstić information content (AvgIpc) is 2.96. The molecule has 116 valence electrons. The van der Waals surface area contributed by atoms with E-state index >= 15 is 0 Å². The third kappa shape index (κ3) is 4.60. The van der Waals surface area contributed by atoms with Gasteiger partial charge in [-0.1, -0.05) is 19.8 Å². The smallest absolute Gasteiger partial charge is 0.287 e. The molecule has 0 radical (unpaired) electrons. The highest BCUT2D eigenvalue weighted by molar-refractivity contribution is 5.94. The number of furan rings is 1. The van der Waals surface area contributed by atoms with Crippen LogP contribution in [0.1, 0.15) is 43.2 Å². The maximum absolute atomic E-state index is 11.7. The molecule has 1 aliphatic rings. The molecule has 0 aromatic carbocycles. The minimum absolute atomic E-state index is 0.134. The van der Waals surface area contributed by atoms with Crippen LogP contribution in [0.25, 0.3) is 0 Å². The van der Waals surface area contributed by atoms with Gasteiger partial charge in [-0.3, -0.25) is 9.59 Å². The Morgan fingerprint density at radius 1 is 1.48 bits per heavy atom. The zero-order valence-electron chi connectivity index (χ0n) is 12.2. The molecule has 1 aliphatic carbocycles. The fraction of sp³-hybridized carbons (Fsp3) is 0.600. The molecule has 6 nitrogen and oxygen atoms in total. The number of aliphatic hydroxyl groups is 1. The van der Waals surface area contributed by atoms with Gasteiger partial charge in [0.15, 0.2) is 5.76 Å². The van der Waals surface area contributed by atoms with Crippen LogP contribution in [0.3, 0.4) is 0 Å². The minimum atomic E-state index is -0.821. The van der Waals surface area contributed by atoms with Crippen LogP contribution in [0.4, 0.5) is 0 Å². The fourth-order valence-electron chi connectivity index (χ4n) is 2.77. The number of rotatable bonds is 5. The van der Waals surface area contributed by atoms with Crippen LogP contribution in [-0.2, 0) is 4.79 Å². The Labute approximate surface area is 123 Å². The van der Waals surface area contributed by atoms with Crippen molar-refractivity contribution >= 4 is 11.8 Å². The molecule has 0 spiro atoms. The first kappa shape index (κ1) is 15.6. The van der Waals surface area contributed by atoms with E-state index in [1.54, 1.807) is 6.07 Å². The predicted molar refractivity (Wildman–Crippen MR) is 76.6 cm³/mol. The summed E-state index contributed by atoms with van der Waals surface area (Å²) in [5, 5.41) is 15.5. The van der Waals surface area contributed by atoms with Crippen LogP contribution < -0.4 is 10.6 Å². The molecule has 2 amide bonds. The molecular weight excluding hydrogens is 272 g/mol. The summed E-state index contributed by atoms with van der Waals surface area (Å²) in [5.74, 6) is -0.108. The lowest BCUT2D eigenvalue weighted by Gasteiger charge is -2.35. The summed E-state index contributed by atoms with van der Waals surface area (Å²) >= 11 is 0. The lowest BCUT2D eigenvalue weighted by molar-refractivity contribution is -0.122. The molecule has 0 aliphatic heterocycles. The van der Waals surface area contributed by atoms with Crippen molar-refractivity contribution in [2.45, 2.75) is 38.2 Å². The Kier molecular flexibility index (Phi) is 5.01. The normalized spacial score (nSPS) is 25.3. The third-order valence-corrected chi connectivity index (χ3v) is 3.84. The zero-order chi connectivity index (χ0) is 15.3. The van der Waals surface area contributed by atoms with E-state index < -0.39 is 11.5 Å². The first-order valence-corrected chi connectivity index (χ1v) is 7.29. The summed E-state index contributed by atoms with van der Waals surface area (Å²) in [7, 11) is 0. The summed E-state index contributed by atoms with van der Waals surface area (Å²) in [6.07, 6.45) is 4.90. The number of carbonyl (C=O) groups is 2. The maximum Gasteiger partial charge on any atom is 0.287 e. The summed E-state index contributed by atoms with van der Waals surface area (Å²) in [6.45, 7) is 2.20. The first-order chi connectivity index (χ1) is 9.98. The van der Waals surface area contributed by atoms with E-state index in [9.17, 15) is 14.7 Å². The van der Waals surface area contributed by atoms with Gasteiger partial charge < -0.3 is 20.2 Å². The maximum atomic E-state index is 11.7. The van der Waals surface area contributed by atoms with Gasteiger partial charge in [-0.05, 0) is 30.9 Å². The van der Waals surface area contributed by atoms with E-state index in [0.717, 1.165) is 12.8 Å². The molecule has 1 saturated carbocycles. The minimum Gasteiger partial charge on any atom is -0.459 e. The summed E-state index contributed by atoms with van der Waals surface area (Å²) in [5.41, 5.74) is -0.821. The molecule has 21 heavy (non-hydrogen) atoms. The lowest BCUT2D eigenvalue weighted by atomic mass is 9.79. The molecule has 2 unspecified atom stereocenters. The van der Waals surface area contributed by atoms with Gasteiger partial charge in [-0.2, -0.15) is 0 Å². The van der Waals surface area contributed by atoms with Gasteiger partial charge in [0.2, 0.25) is 5.91 Å². The van der Waals surface area contributed by atoms with Crippen molar-refractivity contribution in [3.05, 3.63) is 24.2 Å². The monoisotopic (exact) mass is 294 g/mol. The Hall–Kier alpha value is -1.82. The van der Waals surface area contributed by atoms with Gasteiger partial charge in [0.25, 0.3) is 5.91 Å². The topological polar surface area (TPSA) is 91.6 Å². The van der Waals surface area contributed by atoms with Crippen molar-refractivity contribution in [2.24, 2.45) is 5.92 Å². The van der Waals surface area contributed by atoms with Gasteiger partial charge in [-0.15, -0.1) is 0 Å². The molecule has 0 bridgehead atoms. The van der Waals surface area contributed by atoms with Crippen LogP contribution in [0.2, 0.25) is 0 Å². The predicted octanol–water partition coefficient (Wildman–Crippen LogP) is 1.07.